The van der Waals surface area contributed by atoms with E-state index < -0.39 is 30.2 Å². The number of benzene rings is 2. The maximum Gasteiger partial charge on any atom is 0.338 e. The van der Waals surface area contributed by atoms with Crippen molar-refractivity contribution in [2.24, 2.45) is 0 Å². The molecule has 0 radical (unpaired) electrons. The zero-order chi connectivity index (χ0) is 22.1. The van der Waals surface area contributed by atoms with Crippen LogP contribution in [-0.2, 0) is 14.3 Å². The molecule has 0 aliphatic heterocycles. The van der Waals surface area contributed by atoms with Gasteiger partial charge in [-0.2, -0.15) is 0 Å². The summed E-state index contributed by atoms with van der Waals surface area (Å²) in [5, 5.41) is 2.56. The summed E-state index contributed by atoms with van der Waals surface area (Å²) >= 11 is 0. The lowest BCUT2D eigenvalue weighted by Gasteiger charge is -2.21. The van der Waals surface area contributed by atoms with Gasteiger partial charge in [0.15, 0.2) is 6.61 Å². The second-order valence-corrected chi connectivity index (χ2v) is 6.60. The zero-order valence-electron chi connectivity index (χ0n) is 17.4. The van der Waals surface area contributed by atoms with Gasteiger partial charge in [0.25, 0.3) is 5.91 Å². The molecule has 0 aromatic heterocycles. The molecule has 0 bridgehead atoms. The molecule has 2 rings (SSSR count). The Labute approximate surface area is 175 Å². The molecular formula is C22H26FN3O4. The van der Waals surface area contributed by atoms with Crippen molar-refractivity contribution in [3.05, 3.63) is 59.9 Å². The van der Waals surface area contributed by atoms with Gasteiger partial charge in [-0.1, -0.05) is 0 Å². The van der Waals surface area contributed by atoms with Crippen molar-refractivity contribution in [1.82, 2.24) is 4.90 Å². The Morgan fingerprint density at radius 1 is 0.967 bits per heavy atom. The number of esters is 1. The Kier molecular flexibility index (Phi) is 8.34. The molecular weight excluding hydrogens is 389 g/mol. The molecule has 0 spiro atoms. The van der Waals surface area contributed by atoms with Crippen LogP contribution in [0.1, 0.15) is 24.2 Å². The summed E-state index contributed by atoms with van der Waals surface area (Å²) in [5.74, 6) is -1.99. The van der Waals surface area contributed by atoms with Crippen molar-refractivity contribution in [3.63, 3.8) is 0 Å². The van der Waals surface area contributed by atoms with Gasteiger partial charge in [0.2, 0.25) is 5.91 Å². The fourth-order valence-corrected chi connectivity index (χ4v) is 2.76. The molecule has 0 saturated carbocycles. The SMILES string of the molecule is CCN(CC)c1ccc(C(=O)OCC(=O)N(C)CC(=O)Nc2ccc(F)cc2)cc1. The summed E-state index contributed by atoms with van der Waals surface area (Å²) in [6.45, 7) is 5.11. The summed E-state index contributed by atoms with van der Waals surface area (Å²) in [5.41, 5.74) is 1.76. The Balaban J connectivity index is 1.81. The van der Waals surface area contributed by atoms with Crippen LogP contribution in [0.4, 0.5) is 15.8 Å². The van der Waals surface area contributed by atoms with Crippen LogP contribution in [0.2, 0.25) is 0 Å². The highest BCUT2D eigenvalue weighted by molar-refractivity contribution is 5.95. The number of carbonyl (C=O) groups excluding carboxylic acids is 3. The first-order valence-electron chi connectivity index (χ1n) is 9.65. The van der Waals surface area contributed by atoms with Crippen LogP contribution in [0.15, 0.2) is 48.5 Å². The molecule has 0 aliphatic carbocycles. The standard InChI is InChI=1S/C22H26FN3O4/c1-4-26(5-2)19-12-6-16(7-13-19)22(29)30-15-21(28)25(3)14-20(27)24-18-10-8-17(23)9-11-18/h6-13H,4-5,14-15H2,1-3H3,(H,24,27). The first-order chi connectivity index (χ1) is 14.3. The number of likely N-dealkylation sites (N-methyl/N-ethyl adjacent to an activating group) is 1. The van der Waals surface area contributed by atoms with E-state index in [4.69, 9.17) is 4.74 Å². The van der Waals surface area contributed by atoms with Gasteiger partial charge in [0.1, 0.15) is 5.82 Å². The molecule has 160 valence electrons. The molecule has 0 fully saturated rings. The van der Waals surface area contributed by atoms with Gasteiger partial charge < -0.3 is 19.9 Å². The minimum atomic E-state index is -0.612. The highest BCUT2D eigenvalue weighted by Crippen LogP contribution is 2.15. The van der Waals surface area contributed by atoms with Crippen molar-refractivity contribution in [3.8, 4) is 0 Å². The average molecular weight is 415 g/mol. The third-order valence-corrected chi connectivity index (χ3v) is 4.49. The molecule has 2 aromatic rings. The van der Waals surface area contributed by atoms with Gasteiger partial charge in [-0.25, -0.2) is 9.18 Å². The normalized spacial score (nSPS) is 10.3. The number of amides is 2. The topological polar surface area (TPSA) is 79.0 Å². The zero-order valence-corrected chi connectivity index (χ0v) is 17.4. The third-order valence-electron chi connectivity index (χ3n) is 4.49. The predicted octanol–water partition coefficient (Wildman–Crippen LogP) is 2.93. The van der Waals surface area contributed by atoms with Gasteiger partial charge in [0.05, 0.1) is 12.1 Å². The second-order valence-electron chi connectivity index (χ2n) is 6.60. The number of carbonyl (C=O) groups is 3. The molecule has 2 aromatic carbocycles. The van der Waals surface area contributed by atoms with Crippen LogP contribution in [0, 0.1) is 5.82 Å². The van der Waals surface area contributed by atoms with Gasteiger partial charge in [-0.05, 0) is 62.4 Å². The maximum atomic E-state index is 12.9. The monoisotopic (exact) mass is 415 g/mol. The second kappa shape index (κ2) is 10.9. The number of ether oxygens (including phenoxy) is 1. The van der Waals surface area contributed by atoms with Crippen molar-refractivity contribution in [2.45, 2.75) is 13.8 Å². The van der Waals surface area contributed by atoms with Crippen molar-refractivity contribution in [2.75, 3.05) is 43.5 Å². The van der Waals surface area contributed by atoms with E-state index in [0.717, 1.165) is 23.7 Å². The number of rotatable bonds is 9. The Bertz CT molecular complexity index is 865. The predicted molar refractivity (Wildman–Crippen MR) is 113 cm³/mol. The van der Waals surface area contributed by atoms with Gasteiger partial charge in [-0.3, -0.25) is 9.59 Å². The van der Waals surface area contributed by atoms with Crippen molar-refractivity contribution >= 4 is 29.2 Å². The molecule has 1 N–H and O–H groups in total. The molecule has 0 unspecified atom stereocenters. The van der Waals surface area contributed by atoms with Crippen LogP contribution in [-0.4, -0.2) is 56.0 Å². The van der Waals surface area contributed by atoms with E-state index in [-0.39, 0.29) is 6.54 Å². The van der Waals surface area contributed by atoms with E-state index in [1.54, 1.807) is 12.1 Å². The minimum Gasteiger partial charge on any atom is -0.452 e. The molecule has 2 amide bonds. The first-order valence-corrected chi connectivity index (χ1v) is 9.65. The summed E-state index contributed by atoms with van der Waals surface area (Å²) in [6, 6.07) is 12.2. The average Bonchev–Trinajstić information content (AvgIpc) is 2.74. The number of hydrogen-bond acceptors (Lipinski definition) is 5. The van der Waals surface area contributed by atoms with E-state index in [0.29, 0.717) is 11.3 Å². The van der Waals surface area contributed by atoms with Crippen LogP contribution >= 0.6 is 0 Å². The summed E-state index contributed by atoms with van der Waals surface area (Å²) in [4.78, 5) is 39.6. The number of nitrogens with zero attached hydrogens (tertiary/aromatic N) is 2. The van der Waals surface area contributed by atoms with E-state index in [1.807, 2.05) is 26.0 Å². The number of hydrogen-bond donors (Lipinski definition) is 1. The molecule has 0 heterocycles. The maximum absolute atomic E-state index is 12.9. The van der Waals surface area contributed by atoms with Crippen LogP contribution in [0.5, 0.6) is 0 Å². The lowest BCUT2D eigenvalue weighted by atomic mass is 10.2. The quantitative estimate of drug-likeness (QED) is 0.637. The first kappa shape index (κ1) is 22.9. The number of anilines is 2. The molecule has 0 saturated heterocycles. The summed E-state index contributed by atoms with van der Waals surface area (Å²) < 4.78 is 18.0. The smallest absolute Gasteiger partial charge is 0.338 e. The highest BCUT2D eigenvalue weighted by Gasteiger charge is 2.16. The van der Waals surface area contributed by atoms with Gasteiger partial charge in [0, 0.05) is 31.5 Å². The number of nitrogens with one attached hydrogen (secondary N) is 1. The molecule has 0 aliphatic rings. The van der Waals surface area contributed by atoms with E-state index >= 15 is 0 Å². The fraction of sp³-hybridized carbons (Fsp3) is 0.318. The minimum absolute atomic E-state index is 0.230. The van der Waals surface area contributed by atoms with Gasteiger partial charge >= 0.3 is 5.97 Å². The van der Waals surface area contributed by atoms with Crippen LogP contribution in [0.25, 0.3) is 0 Å². The van der Waals surface area contributed by atoms with E-state index in [1.165, 1.54) is 31.3 Å². The lowest BCUT2D eigenvalue weighted by Crippen LogP contribution is -2.37. The van der Waals surface area contributed by atoms with Crippen molar-refractivity contribution < 1.29 is 23.5 Å². The lowest BCUT2D eigenvalue weighted by molar-refractivity contribution is -0.136. The van der Waals surface area contributed by atoms with Crippen molar-refractivity contribution in [1.29, 1.82) is 0 Å². The highest BCUT2D eigenvalue weighted by atomic mass is 19.1. The summed E-state index contributed by atoms with van der Waals surface area (Å²) in [6.07, 6.45) is 0. The largest absolute Gasteiger partial charge is 0.452 e. The Morgan fingerprint density at radius 3 is 2.13 bits per heavy atom. The number of halogens is 1. The fourth-order valence-electron chi connectivity index (χ4n) is 2.76. The molecule has 0 atom stereocenters. The molecule has 8 heteroatoms. The molecule has 30 heavy (non-hydrogen) atoms. The Hall–Kier alpha value is -3.42. The third kappa shape index (κ3) is 6.58. The Morgan fingerprint density at radius 2 is 1.57 bits per heavy atom. The van der Waals surface area contributed by atoms with Gasteiger partial charge in [-0.15, -0.1) is 0 Å². The van der Waals surface area contributed by atoms with E-state index in [9.17, 15) is 18.8 Å². The summed E-state index contributed by atoms with van der Waals surface area (Å²) in [7, 11) is 1.43. The van der Waals surface area contributed by atoms with E-state index in [2.05, 4.69) is 10.2 Å². The molecule has 7 nitrogen and oxygen atoms in total. The van der Waals surface area contributed by atoms with Crippen LogP contribution < -0.4 is 10.2 Å². The van der Waals surface area contributed by atoms with Crippen LogP contribution in [0.3, 0.4) is 0 Å².